The Morgan fingerprint density at radius 2 is 0.833 bits per heavy atom. The molecule has 0 spiro atoms. The quantitative estimate of drug-likeness (QED) is 0.0820. The first-order valence-electron chi connectivity index (χ1n) is 20.0. The lowest BCUT2D eigenvalue weighted by atomic mass is 10.1. The minimum atomic E-state index is 0.800. The lowest BCUT2D eigenvalue weighted by Gasteiger charge is -2.09. The monoisotopic (exact) mass is 712 g/mol. The first-order chi connectivity index (χ1) is 26.8. The van der Waals surface area contributed by atoms with Crippen molar-refractivity contribution in [1.82, 2.24) is 29.7 Å². The molecule has 8 rings (SSSR count). The van der Waals surface area contributed by atoms with Crippen LogP contribution in [0, 0.1) is 0 Å². The number of benzene rings is 4. The van der Waals surface area contributed by atoms with Crippen LogP contribution in [-0.4, -0.2) is 32.2 Å². The minimum absolute atomic E-state index is 0.800. The Morgan fingerprint density at radius 3 is 1.30 bits per heavy atom. The number of nitrogens with one attached hydrogen (secondary N) is 2. The van der Waals surface area contributed by atoms with Crippen LogP contribution in [0.5, 0.6) is 0 Å². The second kappa shape index (κ2) is 17.7. The van der Waals surface area contributed by atoms with Crippen molar-refractivity contribution in [3.63, 3.8) is 0 Å². The van der Waals surface area contributed by atoms with E-state index < -0.39 is 0 Å². The largest absolute Gasteiger partial charge is 0.339 e. The zero-order chi connectivity index (χ0) is 36.4. The van der Waals surface area contributed by atoms with E-state index in [0.29, 0.717) is 0 Å². The fraction of sp³-hybridized carbons (Fsp3) is 0.292. The predicted molar refractivity (Wildman–Crippen MR) is 226 cm³/mol. The molecule has 4 aromatic heterocycles. The molecule has 0 radical (unpaired) electrons. The molecule has 0 fully saturated rings. The summed E-state index contributed by atoms with van der Waals surface area (Å²) in [6.07, 6.45) is 13.4. The molecule has 8 aromatic rings. The van der Waals surface area contributed by atoms with E-state index in [-0.39, 0.29) is 0 Å². The summed E-state index contributed by atoms with van der Waals surface area (Å²) in [5, 5.41) is 12.5. The lowest BCUT2D eigenvalue weighted by molar-refractivity contribution is 0.559. The molecule has 4 heterocycles. The van der Waals surface area contributed by atoms with Gasteiger partial charge in [0.05, 0.1) is 34.8 Å². The molecule has 0 aliphatic heterocycles. The third-order valence-corrected chi connectivity index (χ3v) is 10.9. The Kier molecular flexibility index (Phi) is 11.7. The predicted octanol–water partition coefficient (Wildman–Crippen LogP) is 10.4. The molecule has 0 bridgehead atoms. The van der Waals surface area contributed by atoms with Gasteiger partial charge in [0.15, 0.2) is 0 Å². The summed E-state index contributed by atoms with van der Waals surface area (Å²) in [6, 6.07) is 43.7. The van der Waals surface area contributed by atoms with Crippen molar-refractivity contribution in [2.45, 2.75) is 77.5 Å². The van der Waals surface area contributed by atoms with E-state index in [1.807, 2.05) is 0 Å². The molecular weight excluding hydrogens is 661 g/mol. The van der Waals surface area contributed by atoms with Gasteiger partial charge in [-0.2, -0.15) is 0 Å². The number of nitrogens with zero attached hydrogens (tertiary/aromatic N) is 4. The van der Waals surface area contributed by atoms with Crippen molar-refractivity contribution in [3.05, 3.63) is 156 Å². The fourth-order valence-electron chi connectivity index (χ4n) is 8.11. The van der Waals surface area contributed by atoms with E-state index in [4.69, 9.17) is 9.97 Å². The van der Waals surface area contributed by atoms with E-state index >= 15 is 0 Å². The second-order valence-electron chi connectivity index (χ2n) is 14.7. The summed E-state index contributed by atoms with van der Waals surface area (Å²) in [7, 11) is 0. The van der Waals surface area contributed by atoms with E-state index in [0.717, 1.165) is 76.3 Å². The summed E-state index contributed by atoms with van der Waals surface area (Å²) in [5.41, 5.74) is 10.1. The Bertz CT molecular complexity index is 2240. The maximum Gasteiger partial charge on any atom is 0.0678 e. The molecule has 6 heteroatoms. The SMILES string of the molecule is c1ccc(CCCn2c3ccccc3c3cc(CNCCCCCCNCc4cc5c6ccccc6n(CCCc6ccccc6)c5cn4)ncc32)cc1. The molecule has 6 nitrogen and oxygen atoms in total. The van der Waals surface area contributed by atoms with E-state index in [1.54, 1.807) is 0 Å². The molecule has 274 valence electrons. The van der Waals surface area contributed by atoms with E-state index in [9.17, 15) is 0 Å². The van der Waals surface area contributed by atoms with Gasteiger partial charge >= 0.3 is 0 Å². The Labute approximate surface area is 319 Å². The van der Waals surface area contributed by atoms with Crippen molar-refractivity contribution in [1.29, 1.82) is 0 Å². The second-order valence-corrected chi connectivity index (χ2v) is 14.7. The van der Waals surface area contributed by atoms with Crippen molar-refractivity contribution >= 4 is 43.6 Å². The first-order valence-corrected chi connectivity index (χ1v) is 20.0. The highest BCUT2D eigenvalue weighted by Crippen LogP contribution is 2.31. The molecule has 54 heavy (non-hydrogen) atoms. The summed E-state index contributed by atoms with van der Waals surface area (Å²) in [6.45, 7) is 5.60. The molecule has 0 aliphatic carbocycles. The molecule has 0 saturated heterocycles. The number of hydrogen-bond acceptors (Lipinski definition) is 4. The highest BCUT2D eigenvalue weighted by Gasteiger charge is 2.13. The van der Waals surface area contributed by atoms with Gasteiger partial charge in [0.25, 0.3) is 0 Å². The number of rotatable bonds is 19. The van der Waals surface area contributed by atoms with Crippen LogP contribution in [0.1, 0.15) is 61.0 Å². The highest BCUT2D eigenvalue weighted by molar-refractivity contribution is 6.08. The normalized spacial score (nSPS) is 11.8. The molecule has 0 aliphatic rings. The zero-order valence-corrected chi connectivity index (χ0v) is 31.4. The summed E-state index contributed by atoms with van der Waals surface area (Å²) < 4.78 is 4.91. The number of unbranched alkanes of at least 4 members (excludes halogenated alkanes) is 3. The van der Waals surface area contributed by atoms with Gasteiger partial charge in [-0.3, -0.25) is 9.97 Å². The van der Waals surface area contributed by atoms with Crippen LogP contribution in [0.25, 0.3) is 43.6 Å². The number of fused-ring (bicyclic) bond motifs is 6. The average molecular weight is 713 g/mol. The maximum atomic E-state index is 4.88. The summed E-state index contributed by atoms with van der Waals surface area (Å²) in [4.78, 5) is 9.76. The molecule has 0 saturated carbocycles. The van der Waals surface area contributed by atoms with Gasteiger partial charge in [-0.15, -0.1) is 0 Å². The maximum absolute atomic E-state index is 4.88. The van der Waals surface area contributed by atoms with E-state index in [1.165, 1.54) is 80.4 Å². The number of aromatic nitrogens is 4. The van der Waals surface area contributed by atoms with Crippen molar-refractivity contribution in [2.75, 3.05) is 13.1 Å². The topological polar surface area (TPSA) is 59.7 Å². The highest BCUT2D eigenvalue weighted by atomic mass is 15.0. The third-order valence-electron chi connectivity index (χ3n) is 10.9. The Hall–Kier alpha value is -5.30. The number of para-hydroxylation sites is 2. The van der Waals surface area contributed by atoms with Crippen molar-refractivity contribution < 1.29 is 0 Å². The van der Waals surface area contributed by atoms with Gasteiger partial charge in [-0.1, -0.05) is 110 Å². The smallest absolute Gasteiger partial charge is 0.0678 e. The first kappa shape index (κ1) is 35.7. The lowest BCUT2D eigenvalue weighted by Crippen LogP contribution is -2.16. The van der Waals surface area contributed by atoms with Crippen LogP contribution in [0.15, 0.2) is 134 Å². The zero-order valence-electron chi connectivity index (χ0n) is 31.4. The number of aryl methyl sites for hydroxylation is 4. The van der Waals surface area contributed by atoms with Crippen LogP contribution < -0.4 is 10.6 Å². The van der Waals surface area contributed by atoms with Crippen LogP contribution in [-0.2, 0) is 39.0 Å². The average Bonchev–Trinajstić information content (AvgIpc) is 3.71. The third kappa shape index (κ3) is 8.41. The van der Waals surface area contributed by atoms with E-state index in [2.05, 4.69) is 153 Å². The van der Waals surface area contributed by atoms with Crippen LogP contribution >= 0.6 is 0 Å². The van der Waals surface area contributed by atoms with Gasteiger partial charge < -0.3 is 19.8 Å². The van der Waals surface area contributed by atoms with Crippen LogP contribution in [0.4, 0.5) is 0 Å². The fourth-order valence-corrected chi connectivity index (χ4v) is 8.11. The number of pyridine rings is 2. The molecular formula is C48H52N6. The van der Waals surface area contributed by atoms with Crippen LogP contribution in [0.2, 0.25) is 0 Å². The standard InChI is InChI=1S/C48H52N6/c1(13-27-49-33-39-31-43-41-23-9-11-25-45(41)53(47(43)35-51-39)29-15-21-37-17-5-3-6-18-37)2-14-28-50-34-40-32-44-42-24-10-12-26-46(42)54(48(44)36-52-40)30-16-22-38-19-7-4-8-20-38/h3-12,17-20,23-26,31-32,35-36,49-50H,1-2,13-16,21-22,27-30,33-34H2. The van der Waals surface area contributed by atoms with Crippen molar-refractivity contribution in [2.24, 2.45) is 0 Å². The Balaban J connectivity index is 0.761. The van der Waals surface area contributed by atoms with Gasteiger partial charge in [-0.05, 0) is 87.0 Å². The van der Waals surface area contributed by atoms with Gasteiger partial charge in [-0.25, -0.2) is 0 Å². The molecule has 0 atom stereocenters. The molecule has 0 unspecified atom stereocenters. The molecule has 2 N–H and O–H groups in total. The van der Waals surface area contributed by atoms with Gasteiger partial charge in [0, 0.05) is 58.8 Å². The minimum Gasteiger partial charge on any atom is -0.339 e. The summed E-state index contributed by atoms with van der Waals surface area (Å²) >= 11 is 0. The van der Waals surface area contributed by atoms with Gasteiger partial charge in [0.2, 0.25) is 0 Å². The van der Waals surface area contributed by atoms with Crippen molar-refractivity contribution in [3.8, 4) is 0 Å². The Morgan fingerprint density at radius 1 is 0.407 bits per heavy atom. The van der Waals surface area contributed by atoms with Crippen LogP contribution in [0.3, 0.4) is 0 Å². The molecule has 0 amide bonds. The summed E-state index contributed by atoms with van der Waals surface area (Å²) in [5.74, 6) is 0. The van der Waals surface area contributed by atoms with Gasteiger partial charge in [0.1, 0.15) is 0 Å². The molecule has 4 aromatic carbocycles. The number of hydrogen-bond donors (Lipinski definition) is 2.